The molecule has 3 aromatic rings. The van der Waals surface area contributed by atoms with Crippen LogP contribution in [0.4, 0.5) is 0 Å². The number of nitrogens with one attached hydrogen (secondary N) is 2. The average Bonchev–Trinajstić information content (AvgIpc) is 3.17. The molecule has 108 valence electrons. The molecule has 2 N–H and O–H groups in total. The number of hydrogen-bond donors (Lipinski definition) is 2. The van der Waals surface area contributed by atoms with Gasteiger partial charge in [-0.05, 0) is 19.4 Å². The third-order valence-electron chi connectivity index (χ3n) is 3.26. The second-order valence-corrected chi connectivity index (χ2v) is 4.80. The van der Waals surface area contributed by atoms with Crippen LogP contribution in [0.1, 0.15) is 30.2 Å². The molecule has 1 atom stereocenters. The lowest BCUT2D eigenvalue weighted by Crippen LogP contribution is -2.19. The molecule has 21 heavy (non-hydrogen) atoms. The van der Waals surface area contributed by atoms with E-state index in [1.165, 1.54) is 6.33 Å². The van der Waals surface area contributed by atoms with Crippen LogP contribution in [0.5, 0.6) is 0 Å². The summed E-state index contributed by atoms with van der Waals surface area (Å²) in [4.78, 5) is 8.51. The Bertz CT molecular complexity index is 706. The summed E-state index contributed by atoms with van der Waals surface area (Å²) in [5.41, 5.74) is 2.10. The Kier molecular flexibility index (Phi) is 3.74. The summed E-state index contributed by atoms with van der Waals surface area (Å²) in [6, 6.07) is 7.98. The van der Waals surface area contributed by atoms with Crippen molar-refractivity contribution in [1.82, 2.24) is 30.6 Å². The summed E-state index contributed by atoms with van der Waals surface area (Å²) in [5.74, 6) is 1.92. The second kappa shape index (κ2) is 5.84. The van der Waals surface area contributed by atoms with E-state index in [0.29, 0.717) is 18.3 Å². The maximum Gasteiger partial charge on any atom is 0.240 e. The first-order valence-corrected chi connectivity index (χ1v) is 6.71. The summed E-state index contributed by atoms with van der Waals surface area (Å²) in [7, 11) is 0. The molecule has 1 aromatic carbocycles. The molecule has 0 spiro atoms. The minimum absolute atomic E-state index is 0.0290. The van der Waals surface area contributed by atoms with Crippen LogP contribution in [0.2, 0.25) is 0 Å². The van der Waals surface area contributed by atoms with Crippen molar-refractivity contribution < 1.29 is 4.52 Å². The topological polar surface area (TPSA) is 92.5 Å². The molecule has 0 radical (unpaired) electrons. The van der Waals surface area contributed by atoms with Gasteiger partial charge in [0.15, 0.2) is 0 Å². The van der Waals surface area contributed by atoms with Gasteiger partial charge in [-0.1, -0.05) is 29.4 Å². The highest BCUT2D eigenvalue weighted by molar-refractivity contribution is 5.58. The molecule has 0 aliphatic heterocycles. The van der Waals surface area contributed by atoms with Gasteiger partial charge in [0.25, 0.3) is 0 Å². The van der Waals surface area contributed by atoms with Gasteiger partial charge in [-0.15, -0.1) is 0 Å². The van der Waals surface area contributed by atoms with Gasteiger partial charge in [-0.25, -0.2) is 4.98 Å². The van der Waals surface area contributed by atoms with Crippen molar-refractivity contribution in [2.45, 2.75) is 26.4 Å². The summed E-state index contributed by atoms with van der Waals surface area (Å²) < 4.78 is 5.27. The molecule has 0 saturated carbocycles. The van der Waals surface area contributed by atoms with E-state index in [2.05, 4.69) is 30.6 Å². The van der Waals surface area contributed by atoms with Gasteiger partial charge < -0.3 is 4.52 Å². The lowest BCUT2D eigenvalue weighted by atomic mass is 10.1. The fraction of sp³-hybridized carbons (Fsp3) is 0.286. The summed E-state index contributed by atoms with van der Waals surface area (Å²) in [5, 5.41) is 13.9. The summed E-state index contributed by atoms with van der Waals surface area (Å²) in [6.07, 6.45) is 1.48. The lowest BCUT2D eigenvalue weighted by molar-refractivity contribution is 0.359. The monoisotopic (exact) mass is 284 g/mol. The van der Waals surface area contributed by atoms with Crippen LogP contribution in [-0.2, 0) is 6.54 Å². The highest BCUT2D eigenvalue weighted by Crippen LogP contribution is 2.19. The molecule has 0 bridgehead atoms. The first-order chi connectivity index (χ1) is 10.2. The molecule has 7 heteroatoms. The van der Waals surface area contributed by atoms with E-state index in [1.54, 1.807) is 0 Å². The number of aromatic amines is 1. The zero-order valence-electron chi connectivity index (χ0n) is 11.9. The van der Waals surface area contributed by atoms with Gasteiger partial charge in [0.05, 0.1) is 12.6 Å². The van der Waals surface area contributed by atoms with E-state index in [-0.39, 0.29) is 6.04 Å². The van der Waals surface area contributed by atoms with Gasteiger partial charge in [0, 0.05) is 5.56 Å². The van der Waals surface area contributed by atoms with Crippen molar-refractivity contribution in [2.24, 2.45) is 0 Å². The first kappa shape index (κ1) is 13.4. The van der Waals surface area contributed by atoms with Crippen LogP contribution in [0.3, 0.4) is 0 Å². The Morgan fingerprint density at radius 2 is 2.19 bits per heavy atom. The van der Waals surface area contributed by atoms with Crippen molar-refractivity contribution in [2.75, 3.05) is 0 Å². The normalized spacial score (nSPS) is 12.5. The number of hydrogen-bond acceptors (Lipinski definition) is 6. The van der Waals surface area contributed by atoms with E-state index in [4.69, 9.17) is 4.52 Å². The van der Waals surface area contributed by atoms with E-state index < -0.39 is 0 Å². The quantitative estimate of drug-likeness (QED) is 0.744. The predicted octanol–water partition coefficient (Wildman–Crippen LogP) is 2.01. The van der Waals surface area contributed by atoms with Gasteiger partial charge >= 0.3 is 0 Å². The zero-order valence-corrected chi connectivity index (χ0v) is 11.9. The van der Waals surface area contributed by atoms with Crippen LogP contribution < -0.4 is 5.32 Å². The van der Waals surface area contributed by atoms with Crippen LogP contribution in [0.25, 0.3) is 11.4 Å². The molecule has 7 nitrogen and oxygen atoms in total. The van der Waals surface area contributed by atoms with Crippen molar-refractivity contribution in [3.8, 4) is 11.4 Å². The molecule has 0 saturated heterocycles. The van der Waals surface area contributed by atoms with Gasteiger partial charge in [0.2, 0.25) is 11.7 Å². The highest BCUT2D eigenvalue weighted by atomic mass is 16.5. The Balaban J connectivity index is 1.67. The number of nitrogens with zero attached hydrogens (tertiary/aromatic N) is 4. The van der Waals surface area contributed by atoms with Gasteiger partial charge in [-0.3, -0.25) is 10.4 Å². The van der Waals surface area contributed by atoms with E-state index in [9.17, 15) is 0 Å². The molecule has 1 unspecified atom stereocenters. The van der Waals surface area contributed by atoms with Crippen LogP contribution >= 0.6 is 0 Å². The maximum absolute atomic E-state index is 5.27. The number of aryl methyl sites for hydroxylation is 1. The van der Waals surface area contributed by atoms with Crippen molar-refractivity contribution in [1.29, 1.82) is 0 Å². The number of H-pyrrole nitrogens is 1. The SMILES string of the molecule is Cc1ccccc1-c1noc(CNC(C)c2ncn[nH]2)n1. The zero-order chi connectivity index (χ0) is 14.7. The average molecular weight is 284 g/mol. The van der Waals surface area contributed by atoms with Gasteiger partial charge in [0.1, 0.15) is 12.2 Å². The molecular weight excluding hydrogens is 268 g/mol. The Morgan fingerprint density at radius 3 is 2.95 bits per heavy atom. The summed E-state index contributed by atoms with van der Waals surface area (Å²) in [6.45, 7) is 4.48. The highest BCUT2D eigenvalue weighted by Gasteiger charge is 2.12. The van der Waals surface area contributed by atoms with E-state index >= 15 is 0 Å². The Hall–Kier alpha value is -2.54. The van der Waals surface area contributed by atoms with Crippen molar-refractivity contribution in [3.63, 3.8) is 0 Å². The number of rotatable bonds is 5. The molecule has 2 heterocycles. The van der Waals surface area contributed by atoms with Crippen molar-refractivity contribution in [3.05, 3.63) is 47.9 Å². The largest absolute Gasteiger partial charge is 0.338 e. The minimum atomic E-state index is 0.0290. The number of aromatic nitrogens is 5. The maximum atomic E-state index is 5.27. The smallest absolute Gasteiger partial charge is 0.240 e. The molecular formula is C14H16N6O. The van der Waals surface area contributed by atoms with Crippen LogP contribution in [0, 0.1) is 6.92 Å². The molecule has 0 aliphatic rings. The molecule has 0 fully saturated rings. The fourth-order valence-corrected chi connectivity index (χ4v) is 2.02. The van der Waals surface area contributed by atoms with Gasteiger partial charge in [-0.2, -0.15) is 10.1 Å². The number of benzene rings is 1. The third kappa shape index (κ3) is 2.97. The standard InChI is InChI=1S/C14H16N6O/c1-9-5-3-4-6-11(9)14-18-12(21-20-14)7-15-10(2)13-16-8-17-19-13/h3-6,8,10,15H,7H2,1-2H3,(H,16,17,19). The fourth-order valence-electron chi connectivity index (χ4n) is 2.02. The third-order valence-corrected chi connectivity index (χ3v) is 3.26. The lowest BCUT2D eigenvalue weighted by Gasteiger charge is -2.07. The van der Waals surface area contributed by atoms with Crippen molar-refractivity contribution >= 4 is 0 Å². The summed E-state index contributed by atoms with van der Waals surface area (Å²) >= 11 is 0. The second-order valence-electron chi connectivity index (χ2n) is 4.80. The van der Waals surface area contributed by atoms with Crippen LogP contribution in [0.15, 0.2) is 35.1 Å². The predicted molar refractivity (Wildman–Crippen MR) is 76.1 cm³/mol. The molecule has 0 aliphatic carbocycles. The first-order valence-electron chi connectivity index (χ1n) is 6.71. The van der Waals surface area contributed by atoms with E-state index in [0.717, 1.165) is 17.0 Å². The van der Waals surface area contributed by atoms with E-state index in [1.807, 2.05) is 38.1 Å². The molecule has 2 aromatic heterocycles. The molecule has 0 amide bonds. The van der Waals surface area contributed by atoms with Crippen LogP contribution in [-0.4, -0.2) is 25.3 Å². The minimum Gasteiger partial charge on any atom is -0.338 e. The molecule has 3 rings (SSSR count). The Morgan fingerprint density at radius 1 is 1.33 bits per heavy atom. The Labute approximate surface area is 121 Å².